The number of nitrogens with zero attached hydrogens (tertiary/aromatic N) is 2. The number of nitrogens with one attached hydrogen (secondary N) is 1. The summed E-state index contributed by atoms with van der Waals surface area (Å²) in [6.45, 7) is 10.8. The van der Waals surface area contributed by atoms with Crippen LogP contribution < -0.4 is 5.32 Å². The van der Waals surface area contributed by atoms with Crippen LogP contribution >= 0.6 is 0 Å². The van der Waals surface area contributed by atoms with Crippen molar-refractivity contribution in [3.63, 3.8) is 0 Å². The molecule has 0 bridgehead atoms. The Kier molecular flexibility index (Phi) is 7.01. The molecule has 1 N–H and O–H groups in total. The van der Waals surface area contributed by atoms with Crippen molar-refractivity contribution >= 4 is 11.9 Å². The Balaban J connectivity index is 2.69. The van der Waals surface area contributed by atoms with Crippen LogP contribution in [0.4, 0.5) is 0 Å². The maximum Gasteiger partial charge on any atom is 0.310 e. The van der Waals surface area contributed by atoms with E-state index in [1.165, 1.54) is 0 Å². The van der Waals surface area contributed by atoms with E-state index in [2.05, 4.69) is 11.4 Å². The van der Waals surface area contributed by atoms with Crippen LogP contribution in [0.5, 0.6) is 0 Å². The summed E-state index contributed by atoms with van der Waals surface area (Å²) in [5, 5.41) is 12.2. The number of hydrogen-bond acceptors (Lipinski definition) is 5. The molecule has 1 rings (SSSR count). The van der Waals surface area contributed by atoms with Crippen molar-refractivity contribution in [2.24, 2.45) is 11.8 Å². The third kappa shape index (κ3) is 4.93. The van der Waals surface area contributed by atoms with Gasteiger partial charge in [-0.15, -0.1) is 0 Å². The summed E-state index contributed by atoms with van der Waals surface area (Å²) in [6.07, 6.45) is 1.66. The lowest BCUT2D eigenvalue weighted by atomic mass is 9.89. The number of amides is 1. The Hall–Kier alpha value is -1.61. The van der Waals surface area contributed by atoms with Gasteiger partial charge in [0, 0.05) is 6.54 Å². The van der Waals surface area contributed by atoms with E-state index in [1.54, 1.807) is 13.8 Å². The van der Waals surface area contributed by atoms with Gasteiger partial charge < -0.3 is 10.1 Å². The molecule has 1 amide bonds. The van der Waals surface area contributed by atoms with Crippen molar-refractivity contribution in [2.75, 3.05) is 19.7 Å². The fourth-order valence-electron chi connectivity index (χ4n) is 2.64. The summed E-state index contributed by atoms with van der Waals surface area (Å²) in [6, 6.07) is 1.81. The smallest absolute Gasteiger partial charge is 0.310 e. The van der Waals surface area contributed by atoms with Crippen LogP contribution in [0.3, 0.4) is 0 Å². The molecule has 1 aliphatic rings. The molecule has 1 aliphatic heterocycles. The first-order valence-electron chi connectivity index (χ1n) is 8.39. The molecule has 6 heteroatoms. The summed E-state index contributed by atoms with van der Waals surface area (Å²) in [7, 11) is 0. The molecule has 3 atom stereocenters. The molecule has 0 aromatic rings. The second-order valence-corrected chi connectivity index (χ2v) is 6.72. The summed E-state index contributed by atoms with van der Waals surface area (Å²) in [4.78, 5) is 26.4. The van der Waals surface area contributed by atoms with E-state index in [-0.39, 0.29) is 29.8 Å². The second kappa shape index (κ2) is 8.30. The first-order chi connectivity index (χ1) is 10.7. The standard InChI is InChI=1S/C17H29N3O3/c1-6-23-16(22)14-8-7-9-20(10-14)13(4)15(21)19-17(5,11-18)12(2)3/h12-14H,6-10H2,1-5H3,(H,19,21). The fourth-order valence-corrected chi connectivity index (χ4v) is 2.64. The van der Waals surface area contributed by atoms with Gasteiger partial charge in [0.1, 0.15) is 5.54 Å². The highest BCUT2D eigenvalue weighted by Gasteiger charge is 2.35. The topological polar surface area (TPSA) is 82.4 Å². The zero-order chi connectivity index (χ0) is 17.6. The van der Waals surface area contributed by atoms with Crippen molar-refractivity contribution in [1.82, 2.24) is 10.2 Å². The number of esters is 1. The van der Waals surface area contributed by atoms with E-state index in [9.17, 15) is 14.9 Å². The Labute approximate surface area is 139 Å². The highest BCUT2D eigenvalue weighted by molar-refractivity contribution is 5.82. The van der Waals surface area contributed by atoms with Crippen LogP contribution in [0.25, 0.3) is 0 Å². The number of hydrogen-bond donors (Lipinski definition) is 1. The molecular formula is C17H29N3O3. The van der Waals surface area contributed by atoms with Crippen molar-refractivity contribution in [3.05, 3.63) is 0 Å². The number of likely N-dealkylation sites (tertiary alicyclic amines) is 1. The van der Waals surface area contributed by atoms with Crippen LogP contribution in [0.1, 0.15) is 47.5 Å². The van der Waals surface area contributed by atoms with Crippen molar-refractivity contribution < 1.29 is 14.3 Å². The van der Waals surface area contributed by atoms with Crippen LogP contribution in [0.2, 0.25) is 0 Å². The number of carbonyl (C=O) groups excluding carboxylic acids is 2. The van der Waals surface area contributed by atoms with Gasteiger partial charge in [-0.2, -0.15) is 5.26 Å². The molecule has 1 fully saturated rings. The third-order valence-electron chi connectivity index (χ3n) is 4.77. The van der Waals surface area contributed by atoms with Gasteiger partial charge in [0.25, 0.3) is 0 Å². The number of rotatable bonds is 6. The predicted octanol–water partition coefficient (Wildman–Crippen LogP) is 1.70. The maximum absolute atomic E-state index is 12.5. The summed E-state index contributed by atoms with van der Waals surface area (Å²) < 4.78 is 5.09. The van der Waals surface area contributed by atoms with Gasteiger partial charge >= 0.3 is 5.97 Å². The molecule has 3 unspecified atom stereocenters. The quantitative estimate of drug-likeness (QED) is 0.752. The fraction of sp³-hybridized carbons (Fsp3) is 0.824. The van der Waals surface area contributed by atoms with E-state index in [4.69, 9.17) is 4.74 Å². The Morgan fingerprint density at radius 3 is 2.61 bits per heavy atom. The monoisotopic (exact) mass is 323 g/mol. The molecule has 23 heavy (non-hydrogen) atoms. The molecule has 0 aromatic heterocycles. The lowest BCUT2D eigenvalue weighted by Gasteiger charge is -2.37. The average Bonchev–Trinajstić information content (AvgIpc) is 2.54. The third-order valence-corrected chi connectivity index (χ3v) is 4.77. The summed E-state index contributed by atoms with van der Waals surface area (Å²) in [5.41, 5.74) is -0.887. The van der Waals surface area contributed by atoms with Gasteiger partial charge in [0.15, 0.2) is 0 Å². The number of ether oxygens (including phenoxy) is 1. The van der Waals surface area contributed by atoms with Gasteiger partial charge in [-0.3, -0.25) is 14.5 Å². The maximum atomic E-state index is 12.5. The molecular weight excluding hydrogens is 294 g/mol. The highest BCUT2D eigenvalue weighted by Crippen LogP contribution is 2.21. The summed E-state index contributed by atoms with van der Waals surface area (Å²) in [5.74, 6) is -0.523. The number of piperidine rings is 1. The minimum atomic E-state index is -0.887. The van der Waals surface area contributed by atoms with Crippen LogP contribution in [-0.2, 0) is 14.3 Å². The van der Waals surface area contributed by atoms with Crippen LogP contribution in [-0.4, -0.2) is 48.1 Å². The first-order valence-corrected chi connectivity index (χ1v) is 8.39. The van der Waals surface area contributed by atoms with Crippen molar-refractivity contribution in [1.29, 1.82) is 5.26 Å². The molecule has 0 radical (unpaired) electrons. The molecule has 1 heterocycles. The largest absolute Gasteiger partial charge is 0.466 e. The van der Waals surface area contributed by atoms with Crippen LogP contribution in [0, 0.1) is 23.2 Å². The van der Waals surface area contributed by atoms with E-state index >= 15 is 0 Å². The second-order valence-electron chi connectivity index (χ2n) is 6.72. The molecule has 0 spiro atoms. The SMILES string of the molecule is CCOC(=O)C1CCCN(C(C)C(=O)NC(C)(C#N)C(C)C)C1. The van der Waals surface area contributed by atoms with Crippen molar-refractivity contribution in [2.45, 2.75) is 59.0 Å². The Morgan fingerprint density at radius 1 is 1.43 bits per heavy atom. The van der Waals surface area contributed by atoms with Gasteiger partial charge in [-0.05, 0) is 46.1 Å². The van der Waals surface area contributed by atoms with Gasteiger partial charge in [0.05, 0.1) is 24.6 Å². The zero-order valence-corrected chi connectivity index (χ0v) is 14.9. The molecule has 130 valence electrons. The molecule has 1 saturated heterocycles. The van der Waals surface area contributed by atoms with E-state index in [1.807, 2.05) is 25.7 Å². The van der Waals surface area contributed by atoms with Gasteiger partial charge in [-0.25, -0.2) is 0 Å². The molecule has 6 nitrogen and oxygen atoms in total. The van der Waals surface area contributed by atoms with E-state index in [0.717, 1.165) is 19.4 Å². The van der Waals surface area contributed by atoms with E-state index in [0.29, 0.717) is 13.2 Å². The molecule has 0 saturated carbocycles. The first kappa shape index (κ1) is 19.4. The predicted molar refractivity (Wildman–Crippen MR) is 87.4 cm³/mol. The lowest BCUT2D eigenvalue weighted by molar-refractivity contribution is -0.151. The lowest BCUT2D eigenvalue weighted by Crippen LogP contribution is -2.56. The minimum Gasteiger partial charge on any atom is -0.466 e. The summed E-state index contributed by atoms with van der Waals surface area (Å²) >= 11 is 0. The Bertz CT molecular complexity index is 472. The van der Waals surface area contributed by atoms with Gasteiger partial charge in [-0.1, -0.05) is 13.8 Å². The number of carbonyl (C=O) groups is 2. The number of nitriles is 1. The molecule has 0 aliphatic carbocycles. The van der Waals surface area contributed by atoms with Crippen molar-refractivity contribution in [3.8, 4) is 6.07 Å². The Morgan fingerprint density at radius 2 is 2.09 bits per heavy atom. The normalized spacial score (nSPS) is 22.7. The van der Waals surface area contributed by atoms with E-state index < -0.39 is 5.54 Å². The highest BCUT2D eigenvalue weighted by atomic mass is 16.5. The van der Waals surface area contributed by atoms with Gasteiger partial charge in [0.2, 0.25) is 5.91 Å². The van der Waals surface area contributed by atoms with Crippen LogP contribution in [0.15, 0.2) is 0 Å². The zero-order valence-electron chi connectivity index (χ0n) is 14.9. The average molecular weight is 323 g/mol. The minimum absolute atomic E-state index is 0.0114. The molecule has 0 aromatic carbocycles.